The van der Waals surface area contributed by atoms with E-state index in [2.05, 4.69) is 17.2 Å². The predicted octanol–water partition coefficient (Wildman–Crippen LogP) is 2.61. The van der Waals surface area contributed by atoms with Crippen molar-refractivity contribution in [2.75, 3.05) is 6.54 Å². The van der Waals surface area contributed by atoms with Crippen molar-refractivity contribution in [2.24, 2.45) is 0 Å². The summed E-state index contributed by atoms with van der Waals surface area (Å²) < 4.78 is 0. The third-order valence-corrected chi connectivity index (χ3v) is 1.46. The Balaban J connectivity index is 0.000000671. The van der Waals surface area contributed by atoms with Crippen LogP contribution in [0.3, 0.4) is 0 Å². The van der Waals surface area contributed by atoms with Crippen LogP contribution in [0.25, 0.3) is 0 Å². The van der Waals surface area contributed by atoms with Crippen LogP contribution >= 0.6 is 0 Å². The van der Waals surface area contributed by atoms with Gasteiger partial charge in [0.2, 0.25) is 0 Å². The van der Waals surface area contributed by atoms with Crippen molar-refractivity contribution in [2.45, 2.75) is 33.7 Å². The summed E-state index contributed by atoms with van der Waals surface area (Å²) in [6.07, 6.45) is 3.00. The van der Waals surface area contributed by atoms with Crippen LogP contribution in [0.1, 0.15) is 32.9 Å². The Morgan fingerprint density at radius 3 is 2.62 bits per heavy atom. The van der Waals surface area contributed by atoms with Gasteiger partial charge in [-0.15, -0.1) is 0 Å². The molecule has 0 amide bonds. The van der Waals surface area contributed by atoms with Crippen LogP contribution in [0, 0.1) is 0 Å². The number of hydrogen-bond acceptors (Lipinski definition) is 2. The first-order valence-corrected chi connectivity index (χ1v) is 5.04. The molecule has 2 nitrogen and oxygen atoms in total. The van der Waals surface area contributed by atoms with Crippen molar-refractivity contribution < 1.29 is 0 Å². The average Bonchev–Trinajstić information content (AvgIpc) is 2.23. The molecule has 1 N–H and O–H groups in total. The van der Waals surface area contributed by atoms with Gasteiger partial charge in [0, 0.05) is 12.7 Å². The summed E-state index contributed by atoms with van der Waals surface area (Å²) in [5.41, 5.74) is 1.11. The number of aromatic nitrogens is 1. The van der Waals surface area contributed by atoms with E-state index in [1.165, 1.54) is 6.42 Å². The maximum absolute atomic E-state index is 4.19. The molecular formula is C11H20N2. The SMILES string of the molecule is CC.CCCNCc1ccccn1. The van der Waals surface area contributed by atoms with Crippen LogP contribution < -0.4 is 5.32 Å². The summed E-state index contributed by atoms with van der Waals surface area (Å²) in [6, 6.07) is 5.97. The minimum absolute atomic E-state index is 0.884. The average molecular weight is 180 g/mol. The first-order chi connectivity index (χ1) is 6.43. The standard InChI is InChI=1S/C9H14N2.C2H6/c1-2-6-10-8-9-5-3-4-7-11-9;1-2/h3-5,7,10H,2,6,8H2,1H3;1-2H3. The van der Waals surface area contributed by atoms with Crippen molar-refractivity contribution in [3.8, 4) is 0 Å². The number of rotatable bonds is 4. The van der Waals surface area contributed by atoms with Crippen LogP contribution in [0.4, 0.5) is 0 Å². The summed E-state index contributed by atoms with van der Waals surface area (Å²) >= 11 is 0. The Morgan fingerprint density at radius 1 is 1.31 bits per heavy atom. The molecule has 0 spiro atoms. The van der Waals surface area contributed by atoms with E-state index in [0.29, 0.717) is 0 Å². The Bertz CT molecular complexity index is 185. The van der Waals surface area contributed by atoms with E-state index >= 15 is 0 Å². The molecule has 0 aromatic carbocycles. The van der Waals surface area contributed by atoms with Crippen molar-refractivity contribution in [1.82, 2.24) is 10.3 Å². The molecule has 0 unspecified atom stereocenters. The molecule has 0 radical (unpaired) electrons. The minimum Gasteiger partial charge on any atom is -0.311 e. The van der Waals surface area contributed by atoms with Gasteiger partial charge in [-0.25, -0.2) is 0 Å². The third kappa shape index (κ3) is 6.29. The van der Waals surface area contributed by atoms with Crippen LogP contribution in [0.15, 0.2) is 24.4 Å². The lowest BCUT2D eigenvalue weighted by atomic mass is 10.3. The van der Waals surface area contributed by atoms with Crippen molar-refractivity contribution in [3.05, 3.63) is 30.1 Å². The summed E-state index contributed by atoms with van der Waals surface area (Å²) in [4.78, 5) is 4.19. The molecule has 0 aliphatic heterocycles. The first kappa shape index (κ1) is 12.1. The maximum Gasteiger partial charge on any atom is 0.0541 e. The summed E-state index contributed by atoms with van der Waals surface area (Å²) in [6.45, 7) is 8.11. The van der Waals surface area contributed by atoms with Crippen molar-refractivity contribution in [1.29, 1.82) is 0 Å². The van der Waals surface area contributed by atoms with Crippen LogP contribution in [0.2, 0.25) is 0 Å². The van der Waals surface area contributed by atoms with Gasteiger partial charge in [0.1, 0.15) is 0 Å². The van der Waals surface area contributed by atoms with Crippen LogP contribution in [-0.4, -0.2) is 11.5 Å². The minimum atomic E-state index is 0.884. The second-order valence-electron chi connectivity index (χ2n) is 2.50. The zero-order chi connectivity index (χ0) is 9.94. The van der Waals surface area contributed by atoms with E-state index in [-0.39, 0.29) is 0 Å². The van der Waals surface area contributed by atoms with Gasteiger partial charge in [0.15, 0.2) is 0 Å². The molecule has 13 heavy (non-hydrogen) atoms. The van der Waals surface area contributed by atoms with Gasteiger partial charge in [-0.2, -0.15) is 0 Å². The second kappa shape index (κ2) is 9.20. The van der Waals surface area contributed by atoms with Gasteiger partial charge in [-0.05, 0) is 25.1 Å². The summed E-state index contributed by atoms with van der Waals surface area (Å²) in [7, 11) is 0. The molecule has 0 aliphatic carbocycles. The van der Waals surface area contributed by atoms with Gasteiger partial charge in [0.25, 0.3) is 0 Å². The molecule has 1 rings (SSSR count). The largest absolute Gasteiger partial charge is 0.311 e. The Morgan fingerprint density at radius 2 is 2.08 bits per heavy atom. The van der Waals surface area contributed by atoms with Crippen molar-refractivity contribution >= 4 is 0 Å². The topological polar surface area (TPSA) is 24.9 Å². The predicted molar refractivity (Wildman–Crippen MR) is 57.6 cm³/mol. The van der Waals surface area contributed by atoms with E-state index in [4.69, 9.17) is 0 Å². The fraction of sp³-hybridized carbons (Fsp3) is 0.545. The Kier molecular flexibility index (Phi) is 8.57. The first-order valence-electron chi connectivity index (χ1n) is 5.04. The molecule has 1 aromatic heterocycles. The number of hydrogen-bond donors (Lipinski definition) is 1. The lowest BCUT2D eigenvalue weighted by Gasteiger charge is -2.00. The summed E-state index contributed by atoms with van der Waals surface area (Å²) in [5, 5.41) is 3.29. The zero-order valence-corrected chi connectivity index (χ0v) is 8.88. The molecule has 2 heteroatoms. The molecule has 0 saturated heterocycles. The normalized spacial score (nSPS) is 8.85. The van der Waals surface area contributed by atoms with E-state index < -0.39 is 0 Å². The molecule has 1 heterocycles. The van der Waals surface area contributed by atoms with Gasteiger partial charge in [-0.3, -0.25) is 4.98 Å². The van der Waals surface area contributed by atoms with Crippen molar-refractivity contribution in [3.63, 3.8) is 0 Å². The van der Waals surface area contributed by atoms with Gasteiger partial charge < -0.3 is 5.32 Å². The van der Waals surface area contributed by atoms with E-state index in [0.717, 1.165) is 18.8 Å². The zero-order valence-electron chi connectivity index (χ0n) is 8.88. The summed E-state index contributed by atoms with van der Waals surface area (Å²) in [5.74, 6) is 0. The third-order valence-electron chi connectivity index (χ3n) is 1.46. The molecule has 0 fully saturated rings. The van der Waals surface area contributed by atoms with E-state index in [9.17, 15) is 0 Å². The maximum atomic E-state index is 4.19. The molecule has 0 bridgehead atoms. The monoisotopic (exact) mass is 180 g/mol. The van der Waals surface area contributed by atoms with Gasteiger partial charge in [0.05, 0.1) is 5.69 Å². The quantitative estimate of drug-likeness (QED) is 0.720. The molecule has 0 atom stereocenters. The van der Waals surface area contributed by atoms with Gasteiger partial charge in [-0.1, -0.05) is 26.8 Å². The van der Waals surface area contributed by atoms with E-state index in [1.54, 1.807) is 0 Å². The second-order valence-corrected chi connectivity index (χ2v) is 2.50. The molecule has 0 saturated carbocycles. The van der Waals surface area contributed by atoms with E-state index in [1.807, 2.05) is 38.2 Å². The highest BCUT2D eigenvalue weighted by atomic mass is 14.9. The lowest BCUT2D eigenvalue weighted by Crippen LogP contribution is -2.14. The van der Waals surface area contributed by atoms with Crippen LogP contribution in [0.5, 0.6) is 0 Å². The number of pyridine rings is 1. The molecular weight excluding hydrogens is 160 g/mol. The smallest absolute Gasteiger partial charge is 0.0541 e. The number of nitrogens with one attached hydrogen (secondary N) is 1. The Hall–Kier alpha value is -0.890. The lowest BCUT2D eigenvalue weighted by molar-refractivity contribution is 0.664. The highest BCUT2D eigenvalue weighted by Gasteiger charge is 1.88. The molecule has 1 aromatic rings. The highest BCUT2D eigenvalue weighted by Crippen LogP contribution is 1.91. The number of nitrogens with zero attached hydrogens (tertiary/aromatic N) is 1. The van der Waals surface area contributed by atoms with Crippen LogP contribution in [-0.2, 0) is 6.54 Å². The molecule has 0 aliphatic rings. The Labute approximate surface area is 81.4 Å². The molecule has 74 valence electrons. The van der Waals surface area contributed by atoms with Gasteiger partial charge >= 0.3 is 0 Å². The fourth-order valence-electron chi connectivity index (χ4n) is 0.896. The fourth-order valence-corrected chi connectivity index (χ4v) is 0.896. The highest BCUT2D eigenvalue weighted by molar-refractivity contribution is 5.02.